The van der Waals surface area contributed by atoms with Crippen molar-refractivity contribution in [2.45, 2.75) is 26.2 Å². The third-order valence-electron chi connectivity index (χ3n) is 4.39. The van der Waals surface area contributed by atoms with E-state index in [1.54, 1.807) is 0 Å². The molecular weight excluding hydrogens is 178 g/mol. The van der Waals surface area contributed by atoms with Gasteiger partial charge in [0.2, 0.25) is 0 Å². The third-order valence-corrected chi connectivity index (χ3v) is 4.39. The molecule has 0 spiro atoms. The molecule has 1 saturated carbocycles. The van der Waals surface area contributed by atoms with Crippen LogP contribution in [0.2, 0.25) is 0 Å². The molecule has 2 aliphatic rings. The molecule has 14 heavy (non-hydrogen) atoms. The van der Waals surface area contributed by atoms with Crippen molar-refractivity contribution in [1.82, 2.24) is 0 Å². The maximum Gasteiger partial charge on any atom is 0.303 e. The molecule has 0 bridgehead atoms. The Bertz CT molecular complexity index is 300. The van der Waals surface area contributed by atoms with Gasteiger partial charge in [0.25, 0.3) is 0 Å². The van der Waals surface area contributed by atoms with Crippen molar-refractivity contribution >= 4 is 5.97 Å². The van der Waals surface area contributed by atoms with Gasteiger partial charge in [0.05, 0.1) is 6.42 Å². The summed E-state index contributed by atoms with van der Waals surface area (Å²) in [7, 11) is 0. The molecule has 0 amide bonds. The maximum absolute atomic E-state index is 10.8. The largest absolute Gasteiger partial charge is 0.481 e. The summed E-state index contributed by atoms with van der Waals surface area (Å²) in [6, 6.07) is 0. The number of nitrogens with two attached hydrogens (primary N) is 1. The summed E-state index contributed by atoms with van der Waals surface area (Å²) in [5.74, 6) is -0.0965. The van der Waals surface area contributed by atoms with Gasteiger partial charge in [-0.05, 0) is 30.7 Å². The molecule has 0 aromatic heterocycles. The summed E-state index contributed by atoms with van der Waals surface area (Å²) >= 11 is 0. The Kier molecular flexibility index (Phi) is 1.96. The van der Waals surface area contributed by atoms with Crippen molar-refractivity contribution < 1.29 is 9.90 Å². The Morgan fingerprint density at radius 1 is 1.71 bits per heavy atom. The van der Waals surface area contributed by atoms with Crippen molar-refractivity contribution in [3.8, 4) is 0 Å². The van der Waals surface area contributed by atoms with Crippen molar-refractivity contribution in [2.75, 3.05) is 6.54 Å². The summed E-state index contributed by atoms with van der Waals surface area (Å²) in [6.07, 6.45) is 6.62. The molecule has 3 atom stereocenters. The summed E-state index contributed by atoms with van der Waals surface area (Å²) in [5.41, 5.74) is 5.62. The molecular formula is C11H17NO2. The standard InChI is InChI=1S/C11H17NO2/c1-10-4-2-3-8(10)5-11(10,7-12)6-9(13)14/h2,4,8H,3,5-7,12H2,1H3,(H,13,14)/t8-,10-,11+/m0/s1. The average Bonchev–Trinajstić information content (AvgIpc) is 2.41. The number of aliphatic carboxylic acids is 1. The fourth-order valence-electron chi connectivity index (χ4n) is 3.25. The number of hydrogen-bond donors (Lipinski definition) is 2. The molecule has 0 aliphatic heterocycles. The van der Waals surface area contributed by atoms with Gasteiger partial charge in [-0.2, -0.15) is 0 Å². The van der Waals surface area contributed by atoms with Crippen LogP contribution in [0, 0.1) is 16.7 Å². The van der Waals surface area contributed by atoms with Gasteiger partial charge in [-0.3, -0.25) is 4.79 Å². The fourth-order valence-corrected chi connectivity index (χ4v) is 3.25. The molecule has 0 heterocycles. The highest BCUT2D eigenvalue weighted by Gasteiger charge is 2.61. The molecule has 0 unspecified atom stereocenters. The van der Waals surface area contributed by atoms with E-state index in [1.807, 2.05) is 0 Å². The second-order valence-corrected chi connectivity index (χ2v) is 4.88. The first-order valence-electron chi connectivity index (χ1n) is 5.14. The number of hydrogen-bond acceptors (Lipinski definition) is 2. The lowest BCUT2D eigenvalue weighted by atomic mass is 9.44. The summed E-state index contributed by atoms with van der Waals surface area (Å²) in [5, 5.41) is 8.90. The van der Waals surface area contributed by atoms with Crippen LogP contribution in [0.1, 0.15) is 26.2 Å². The van der Waals surface area contributed by atoms with Crippen LogP contribution in [0.5, 0.6) is 0 Å². The minimum Gasteiger partial charge on any atom is -0.481 e. The lowest BCUT2D eigenvalue weighted by Crippen LogP contribution is -2.58. The molecule has 3 N–H and O–H groups in total. The summed E-state index contributed by atoms with van der Waals surface area (Å²) < 4.78 is 0. The van der Waals surface area contributed by atoms with E-state index in [-0.39, 0.29) is 17.3 Å². The fraction of sp³-hybridized carbons (Fsp3) is 0.727. The quantitative estimate of drug-likeness (QED) is 0.669. The van der Waals surface area contributed by atoms with E-state index >= 15 is 0 Å². The maximum atomic E-state index is 10.8. The van der Waals surface area contributed by atoms with Gasteiger partial charge in [-0.1, -0.05) is 19.1 Å². The molecule has 3 nitrogen and oxygen atoms in total. The predicted molar refractivity (Wildman–Crippen MR) is 53.7 cm³/mol. The Morgan fingerprint density at radius 3 is 2.93 bits per heavy atom. The minimum atomic E-state index is -0.726. The van der Waals surface area contributed by atoms with E-state index < -0.39 is 5.97 Å². The first-order valence-corrected chi connectivity index (χ1v) is 5.14. The molecule has 3 heteroatoms. The van der Waals surface area contributed by atoms with Gasteiger partial charge in [-0.25, -0.2) is 0 Å². The number of allylic oxidation sites excluding steroid dienone is 2. The second-order valence-electron chi connectivity index (χ2n) is 4.88. The molecule has 2 aliphatic carbocycles. The monoisotopic (exact) mass is 195 g/mol. The van der Waals surface area contributed by atoms with Gasteiger partial charge in [0, 0.05) is 5.41 Å². The number of carboxylic acid groups (broad SMARTS) is 1. The lowest BCUT2D eigenvalue weighted by molar-refractivity contribution is -0.151. The average molecular weight is 195 g/mol. The Balaban J connectivity index is 2.23. The highest BCUT2D eigenvalue weighted by molar-refractivity contribution is 5.68. The van der Waals surface area contributed by atoms with E-state index in [0.717, 1.165) is 12.8 Å². The van der Waals surface area contributed by atoms with Crippen LogP contribution in [-0.4, -0.2) is 17.6 Å². The van der Waals surface area contributed by atoms with E-state index in [1.165, 1.54) is 0 Å². The van der Waals surface area contributed by atoms with Gasteiger partial charge >= 0.3 is 5.97 Å². The van der Waals surface area contributed by atoms with Crippen LogP contribution in [0.3, 0.4) is 0 Å². The van der Waals surface area contributed by atoms with Gasteiger partial charge in [0.15, 0.2) is 0 Å². The van der Waals surface area contributed by atoms with E-state index in [4.69, 9.17) is 10.8 Å². The highest BCUT2D eigenvalue weighted by atomic mass is 16.4. The van der Waals surface area contributed by atoms with Crippen molar-refractivity contribution in [2.24, 2.45) is 22.5 Å². The zero-order valence-corrected chi connectivity index (χ0v) is 8.49. The van der Waals surface area contributed by atoms with Gasteiger partial charge in [0.1, 0.15) is 0 Å². The first-order chi connectivity index (χ1) is 6.54. The molecule has 0 saturated heterocycles. The number of fused-ring (bicyclic) bond motifs is 1. The molecule has 0 radical (unpaired) electrons. The normalized spacial score (nSPS) is 44.6. The smallest absolute Gasteiger partial charge is 0.303 e. The predicted octanol–water partition coefficient (Wildman–Crippen LogP) is 1.39. The third kappa shape index (κ3) is 0.989. The SMILES string of the molecule is C[C@]12C=CC[C@H]1C[C@]2(CN)CC(=O)O. The topological polar surface area (TPSA) is 63.3 Å². The van der Waals surface area contributed by atoms with Crippen molar-refractivity contribution in [1.29, 1.82) is 0 Å². The van der Waals surface area contributed by atoms with E-state index in [9.17, 15) is 4.79 Å². The summed E-state index contributed by atoms with van der Waals surface area (Å²) in [6.45, 7) is 2.64. The van der Waals surface area contributed by atoms with Crippen LogP contribution in [0.25, 0.3) is 0 Å². The van der Waals surface area contributed by atoms with Gasteiger partial charge < -0.3 is 10.8 Å². The number of carboxylic acids is 1. The molecule has 2 rings (SSSR count). The van der Waals surface area contributed by atoms with Crippen molar-refractivity contribution in [3.63, 3.8) is 0 Å². The van der Waals surface area contributed by atoms with Crippen LogP contribution >= 0.6 is 0 Å². The Hall–Kier alpha value is -0.830. The van der Waals surface area contributed by atoms with Crippen LogP contribution in [0.4, 0.5) is 0 Å². The van der Waals surface area contributed by atoms with E-state index in [0.29, 0.717) is 12.5 Å². The van der Waals surface area contributed by atoms with Crippen LogP contribution < -0.4 is 5.73 Å². The van der Waals surface area contributed by atoms with Crippen LogP contribution in [0.15, 0.2) is 12.2 Å². The lowest BCUT2D eigenvalue weighted by Gasteiger charge is -2.59. The number of rotatable bonds is 3. The Morgan fingerprint density at radius 2 is 2.43 bits per heavy atom. The van der Waals surface area contributed by atoms with Crippen LogP contribution in [-0.2, 0) is 4.79 Å². The molecule has 78 valence electrons. The zero-order valence-electron chi connectivity index (χ0n) is 8.49. The second kappa shape index (κ2) is 2.83. The van der Waals surface area contributed by atoms with Crippen molar-refractivity contribution in [3.05, 3.63) is 12.2 Å². The van der Waals surface area contributed by atoms with E-state index in [2.05, 4.69) is 19.1 Å². The molecule has 1 fully saturated rings. The zero-order chi connectivity index (χ0) is 10.4. The Labute approximate surface area is 84.0 Å². The molecule has 0 aromatic rings. The summed E-state index contributed by atoms with van der Waals surface area (Å²) in [4.78, 5) is 10.8. The van der Waals surface area contributed by atoms with Gasteiger partial charge in [-0.15, -0.1) is 0 Å². The minimum absolute atomic E-state index is 0.0418. The highest BCUT2D eigenvalue weighted by Crippen LogP contribution is 2.66. The number of carbonyl (C=O) groups is 1. The first kappa shape index (κ1) is 9.71. The molecule has 0 aromatic carbocycles.